The minimum Gasteiger partial charge on any atom is -0.479 e. The first-order valence-electron chi connectivity index (χ1n) is 13.3. The van der Waals surface area contributed by atoms with Gasteiger partial charge >= 0.3 is 5.97 Å². The number of carboxylic acid groups (broad SMARTS) is 1. The number of halogens is 1. The summed E-state index contributed by atoms with van der Waals surface area (Å²) < 4.78 is 8.81. The number of benzene rings is 3. The van der Waals surface area contributed by atoms with Gasteiger partial charge in [0.25, 0.3) is 0 Å². The molecule has 0 saturated carbocycles. The average molecular weight is 598 g/mol. The number of aliphatic carboxylic acids is 1. The lowest BCUT2D eigenvalue weighted by atomic mass is 9.91. The van der Waals surface area contributed by atoms with Crippen molar-refractivity contribution in [1.82, 2.24) is 25.0 Å². The molecule has 0 spiro atoms. The lowest BCUT2D eigenvalue weighted by Crippen LogP contribution is -2.28. The fraction of sp³-hybridized carbons (Fsp3) is 0.219. The summed E-state index contributed by atoms with van der Waals surface area (Å²) in [4.78, 5) is 17.6. The van der Waals surface area contributed by atoms with Gasteiger partial charge in [0, 0.05) is 39.7 Å². The standard InChI is InChI=1S/C32H28ClN5O3S/c1-17-12-24-29(27(18-6-9-22(33)10-7-18)26(17)28(31(39)40)41-32(2,3)4)42-30(36-24)21-14-23(37-34-15-21)19-8-11-25-20(13-19)16-35-38(25)5/h6-16,28H,1-5H3,(H,39,40). The predicted octanol–water partition coefficient (Wildman–Crippen LogP) is 7.88. The molecule has 3 aromatic heterocycles. The first-order valence-corrected chi connectivity index (χ1v) is 14.5. The van der Waals surface area contributed by atoms with Crippen LogP contribution < -0.4 is 0 Å². The normalized spacial score (nSPS) is 12.7. The quantitative estimate of drug-likeness (QED) is 0.208. The molecule has 1 atom stereocenters. The highest BCUT2D eigenvalue weighted by atomic mass is 35.5. The fourth-order valence-electron chi connectivity index (χ4n) is 5.11. The van der Waals surface area contributed by atoms with E-state index in [-0.39, 0.29) is 0 Å². The van der Waals surface area contributed by atoms with E-state index in [1.165, 1.54) is 11.3 Å². The SMILES string of the molecule is Cc1cc2nc(-c3cnnc(-c4ccc5c(cnn5C)c4)c3)sc2c(-c2ccc(Cl)cc2)c1C(OC(C)(C)C)C(=O)O. The summed E-state index contributed by atoms with van der Waals surface area (Å²) in [5.74, 6) is -1.05. The van der Waals surface area contributed by atoms with Crippen molar-refractivity contribution in [3.05, 3.63) is 83.1 Å². The minimum absolute atomic E-state index is 0.592. The first kappa shape index (κ1) is 28.0. The van der Waals surface area contributed by atoms with Crippen LogP contribution in [0.1, 0.15) is 38.0 Å². The zero-order chi connectivity index (χ0) is 29.8. The second-order valence-electron chi connectivity index (χ2n) is 11.2. The minimum atomic E-state index is -1.18. The Morgan fingerprint density at radius 3 is 2.48 bits per heavy atom. The van der Waals surface area contributed by atoms with Gasteiger partial charge in [-0.25, -0.2) is 9.78 Å². The molecule has 0 aliphatic heterocycles. The number of aryl methyl sites for hydroxylation is 2. The Labute approximate surface area is 251 Å². The first-order chi connectivity index (χ1) is 20.0. The molecule has 3 aromatic carbocycles. The molecule has 3 heterocycles. The fourth-order valence-corrected chi connectivity index (χ4v) is 6.34. The molecule has 212 valence electrons. The van der Waals surface area contributed by atoms with E-state index >= 15 is 0 Å². The number of nitrogens with zero attached hydrogens (tertiary/aromatic N) is 5. The van der Waals surface area contributed by atoms with E-state index in [9.17, 15) is 9.90 Å². The van der Waals surface area contributed by atoms with Gasteiger partial charge in [-0.3, -0.25) is 4.68 Å². The van der Waals surface area contributed by atoms with Crippen molar-refractivity contribution in [2.24, 2.45) is 7.05 Å². The van der Waals surface area contributed by atoms with Crippen LogP contribution in [0.15, 0.2) is 67.0 Å². The van der Waals surface area contributed by atoms with Crippen LogP contribution in [0, 0.1) is 6.92 Å². The maximum Gasteiger partial charge on any atom is 0.337 e. The Morgan fingerprint density at radius 1 is 1.02 bits per heavy atom. The molecule has 42 heavy (non-hydrogen) atoms. The van der Waals surface area contributed by atoms with E-state index in [0.29, 0.717) is 10.6 Å². The molecule has 0 bridgehead atoms. The van der Waals surface area contributed by atoms with E-state index in [2.05, 4.69) is 15.3 Å². The van der Waals surface area contributed by atoms with Gasteiger partial charge < -0.3 is 9.84 Å². The van der Waals surface area contributed by atoms with Gasteiger partial charge in [0.1, 0.15) is 5.01 Å². The second-order valence-corrected chi connectivity index (χ2v) is 12.6. The average Bonchev–Trinajstić information content (AvgIpc) is 3.54. The molecule has 0 amide bonds. The maximum absolute atomic E-state index is 12.6. The molecule has 0 radical (unpaired) electrons. The summed E-state index contributed by atoms with van der Waals surface area (Å²) in [6.45, 7) is 7.45. The van der Waals surface area contributed by atoms with Crippen molar-refractivity contribution in [3.63, 3.8) is 0 Å². The number of thiazole rings is 1. The molecule has 6 aromatic rings. The van der Waals surface area contributed by atoms with E-state index < -0.39 is 17.7 Å². The largest absolute Gasteiger partial charge is 0.479 e. The summed E-state index contributed by atoms with van der Waals surface area (Å²) in [7, 11) is 1.91. The van der Waals surface area contributed by atoms with Crippen LogP contribution in [0.4, 0.5) is 0 Å². The van der Waals surface area contributed by atoms with Crippen molar-refractivity contribution in [3.8, 4) is 33.0 Å². The molecule has 0 saturated heterocycles. The van der Waals surface area contributed by atoms with Crippen molar-refractivity contribution in [2.45, 2.75) is 39.4 Å². The zero-order valence-electron chi connectivity index (χ0n) is 23.7. The van der Waals surface area contributed by atoms with Gasteiger partial charge in [-0.05, 0) is 75.2 Å². The Morgan fingerprint density at radius 2 is 1.76 bits per heavy atom. The Bertz CT molecular complexity index is 1980. The van der Waals surface area contributed by atoms with Crippen LogP contribution >= 0.6 is 22.9 Å². The van der Waals surface area contributed by atoms with Crippen molar-refractivity contribution >= 4 is 50.0 Å². The number of ether oxygens (including phenoxy) is 1. The monoisotopic (exact) mass is 597 g/mol. The molecule has 8 nitrogen and oxygen atoms in total. The van der Waals surface area contributed by atoms with E-state index in [0.717, 1.165) is 59.6 Å². The van der Waals surface area contributed by atoms with Crippen molar-refractivity contribution in [1.29, 1.82) is 0 Å². The number of rotatable bonds is 6. The zero-order valence-corrected chi connectivity index (χ0v) is 25.3. The highest BCUT2D eigenvalue weighted by Gasteiger charge is 2.32. The molecule has 0 aliphatic carbocycles. The molecule has 10 heteroatoms. The van der Waals surface area contributed by atoms with Crippen LogP contribution in [-0.2, 0) is 16.6 Å². The smallest absolute Gasteiger partial charge is 0.337 e. The van der Waals surface area contributed by atoms with Crippen LogP contribution in [0.2, 0.25) is 5.02 Å². The summed E-state index contributed by atoms with van der Waals surface area (Å²) >= 11 is 7.71. The number of carbonyl (C=O) groups is 1. The van der Waals surface area contributed by atoms with Crippen LogP contribution in [0.3, 0.4) is 0 Å². The van der Waals surface area contributed by atoms with Gasteiger partial charge in [0.2, 0.25) is 0 Å². The Hall–Kier alpha value is -4.18. The van der Waals surface area contributed by atoms with E-state index in [1.807, 2.05) is 88.1 Å². The Balaban J connectivity index is 1.53. The highest BCUT2D eigenvalue weighted by Crippen LogP contribution is 2.44. The van der Waals surface area contributed by atoms with Crippen LogP contribution in [0.25, 0.3) is 54.1 Å². The second kappa shape index (κ2) is 10.6. The molecule has 1 unspecified atom stereocenters. The molecular formula is C32H28ClN5O3S. The predicted molar refractivity (Wildman–Crippen MR) is 167 cm³/mol. The lowest BCUT2D eigenvalue weighted by molar-refractivity contribution is -0.160. The summed E-state index contributed by atoms with van der Waals surface area (Å²) in [6.07, 6.45) is 2.35. The summed E-state index contributed by atoms with van der Waals surface area (Å²) in [6, 6.07) is 17.4. The maximum atomic E-state index is 12.6. The van der Waals surface area contributed by atoms with E-state index in [4.69, 9.17) is 21.3 Å². The summed E-state index contributed by atoms with van der Waals surface area (Å²) in [5.41, 5.74) is 6.55. The number of hydrogen-bond acceptors (Lipinski definition) is 7. The molecular weight excluding hydrogens is 570 g/mol. The molecule has 6 rings (SSSR count). The van der Waals surface area contributed by atoms with Gasteiger partial charge in [-0.2, -0.15) is 15.3 Å². The van der Waals surface area contributed by atoms with Gasteiger partial charge in [-0.1, -0.05) is 29.8 Å². The van der Waals surface area contributed by atoms with Crippen molar-refractivity contribution in [2.75, 3.05) is 0 Å². The van der Waals surface area contributed by atoms with Crippen LogP contribution in [-0.4, -0.2) is 41.6 Å². The lowest BCUT2D eigenvalue weighted by Gasteiger charge is -2.28. The Kier molecular flexibility index (Phi) is 7.04. The summed E-state index contributed by atoms with van der Waals surface area (Å²) in [5, 5.41) is 25.7. The number of fused-ring (bicyclic) bond motifs is 2. The third kappa shape index (κ3) is 5.27. The number of aromatic nitrogens is 5. The topological polar surface area (TPSA) is 103 Å². The molecule has 0 fully saturated rings. The van der Waals surface area contributed by atoms with E-state index in [1.54, 1.807) is 18.3 Å². The highest BCUT2D eigenvalue weighted by molar-refractivity contribution is 7.22. The third-order valence-electron chi connectivity index (χ3n) is 6.96. The van der Waals surface area contributed by atoms with Gasteiger partial charge in [0.15, 0.2) is 6.10 Å². The van der Waals surface area contributed by atoms with Gasteiger partial charge in [-0.15, -0.1) is 11.3 Å². The van der Waals surface area contributed by atoms with Crippen LogP contribution in [0.5, 0.6) is 0 Å². The van der Waals surface area contributed by atoms with Gasteiger partial charge in [0.05, 0.1) is 39.4 Å². The number of hydrogen-bond donors (Lipinski definition) is 1. The third-order valence-corrected chi connectivity index (χ3v) is 8.35. The molecule has 0 aliphatic rings. The molecule has 1 N–H and O–H groups in total. The van der Waals surface area contributed by atoms with Crippen molar-refractivity contribution < 1.29 is 14.6 Å². The number of carboxylic acids is 1.